The molecule has 3 aliphatic heterocycles. The van der Waals surface area contributed by atoms with E-state index in [0.717, 1.165) is 32.1 Å². The van der Waals surface area contributed by atoms with E-state index in [-0.39, 0.29) is 17.5 Å². The summed E-state index contributed by atoms with van der Waals surface area (Å²) in [4.78, 5) is 29.7. The Morgan fingerprint density at radius 2 is 1.89 bits per heavy atom. The molecule has 2 amide bonds. The smallest absolute Gasteiger partial charge is 0.347 e. The molecule has 0 aromatic heterocycles. The summed E-state index contributed by atoms with van der Waals surface area (Å²) in [6, 6.07) is 7.82. The van der Waals surface area contributed by atoms with Crippen LogP contribution in [0.4, 0.5) is 13.2 Å². The molecule has 202 valence electrons. The second-order valence-electron chi connectivity index (χ2n) is 11.4. The largest absolute Gasteiger partial charge is 0.416 e. The summed E-state index contributed by atoms with van der Waals surface area (Å²) in [6.45, 7) is 4.27. The first-order valence-corrected chi connectivity index (χ1v) is 13.7. The van der Waals surface area contributed by atoms with Crippen molar-refractivity contribution in [2.75, 3.05) is 19.6 Å². The van der Waals surface area contributed by atoms with Gasteiger partial charge in [-0.2, -0.15) is 13.2 Å². The molecule has 2 aromatic carbocycles. The van der Waals surface area contributed by atoms with Gasteiger partial charge in [0.25, 0.3) is 0 Å². The zero-order valence-electron chi connectivity index (χ0n) is 20.8. The second-order valence-corrected chi connectivity index (χ2v) is 12.2. The first-order chi connectivity index (χ1) is 17.9. The summed E-state index contributed by atoms with van der Waals surface area (Å²) in [5.74, 6) is -0.102. The van der Waals surface area contributed by atoms with Gasteiger partial charge in [0.15, 0.2) is 0 Å². The lowest BCUT2D eigenvalue weighted by Crippen LogP contribution is -2.56. The Morgan fingerprint density at radius 1 is 1.13 bits per heavy atom. The summed E-state index contributed by atoms with van der Waals surface area (Å²) in [7, 11) is 0. The van der Waals surface area contributed by atoms with Crippen LogP contribution in [0.2, 0.25) is 10.0 Å². The SMILES string of the molecule is Cc1ccc(C[C@H](NC(=O)C2(c3ccc(Cl)cc3Cl)CC2)C(=O)N[C@@]23CN4CCC2[C@H]3C4)c(C(F)(F)F)c1. The zero-order chi connectivity index (χ0) is 27.0. The van der Waals surface area contributed by atoms with Crippen LogP contribution in [0.3, 0.4) is 0 Å². The van der Waals surface area contributed by atoms with Crippen molar-refractivity contribution in [2.24, 2.45) is 11.8 Å². The van der Waals surface area contributed by atoms with Crippen molar-refractivity contribution in [2.45, 2.75) is 55.8 Å². The van der Waals surface area contributed by atoms with E-state index in [2.05, 4.69) is 15.5 Å². The van der Waals surface area contributed by atoms with E-state index in [1.54, 1.807) is 31.2 Å². The fraction of sp³-hybridized carbons (Fsp3) is 0.500. The molecule has 2 aromatic rings. The number of halogens is 5. The third-order valence-electron chi connectivity index (χ3n) is 9.00. The van der Waals surface area contributed by atoms with Crippen molar-refractivity contribution in [3.63, 3.8) is 0 Å². The van der Waals surface area contributed by atoms with Gasteiger partial charge in [-0.3, -0.25) is 9.59 Å². The first-order valence-electron chi connectivity index (χ1n) is 12.9. The van der Waals surface area contributed by atoms with Crippen LogP contribution in [0.15, 0.2) is 36.4 Å². The number of benzene rings is 2. The zero-order valence-corrected chi connectivity index (χ0v) is 22.3. The van der Waals surface area contributed by atoms with Crippen molar-refractivity contribution < 1.29 is 22.8 Å². The Balaban J connectivity index is 1.29. The van der Waals surface area contributed by atoms with Gasteiger partial charge in [-0.05, 0) is 68.0 Å². The molecule has 0 spiro atoms. The topological polar surface area (TPSA) is 61.4 Å². The molecule has 4 bridgehead atoms. The van der Waals surface area contributed by atoms with E-state index in [9.17, 15) is 22.8 Å². The van der Waals surface area contributed by atoms with Crippen molar-refractivity contribution >= 4 is 35.0 Å². The number of fused-ring (bicyclic) bond motifs is 1. The van der Waals surface area contributed by atoms with Crippen molar-refractivity contribution in [1.82, 2.24) is 15.5 Å². The molecule has 0 radical (unpaired) electrons. The van der Waals surface area contributed by atoms with E-state index >= 15 is 0 Å². The molecule has 5 fully saturated rings. The van der Waals surface area contributed by atoms with E-state index in [1.807, 2.05) is 0 Å². The van der Waals surface area contributed by atoms with Crippen LogP contribution in [0.25, 0.3) is 0 Å². The quantitative estimate of drug-likeness (QED) is 0.502. The summed E-state index contributed by atoms with van der Waals surface area (Å²) in [5, 5.41) is 6.78. The number of piperidine rings is 3. The van der Waals surface area contributed by atoms with Crippen LogP contribution < -0.4 is 10.6 Å². The minimum Gasteiger partial charge on any atom is -0.347 e. The molecule has 7 rings (SSSR count). The molecule has 38 heavy (non-hydrogen) atoms. The van der Waals surface area contributed by atoms with Crippen LogP contribution in [0.1, 0.15) is 41.5 Å². The van der Waals surface area contributed by atoms with Gasteiger partial charge in [0.2, 0.25) is 11.8 Å². The van der Waals surface area contributed by atoms with E-state index in [4.69, 9.17) is 23.2 Å². The molecule has 2 saturated carbocycles. The maximum absolute atomic E-state index is 13.9. The third kappa shape index (κ3) is 4.29. The normalized spacial score (nSPS) is 28.9. The van der Waals surface area contributed by atoms with Gasteiger partial charge in [-0.1, -0.05) is 47.0 Å². The average Bonchev–Trinajstić information content (AvgIpc) is 3.74. The Bertz CT molecular complexity index is 1320. The predicted octanol–water partition coefficient (Wildman–Crippen LogP) is 4.90. The molecule has 5 aliphatic rings. The van der Waals surface area contributed by atoms with Crippen molar-refractivity contribution in [1.29, 1.82) is 0 Å². The summed E-state index contributed by atoms with van der Waals surface area (Å²) in [6.07, 6.45) is -2.81. The highest BCUT2D eigenvalue weighted by Gasteiger charge is 2.71. The van der Waals surface area contributed by atoms with Gasteiger partial charge in [0.1, 0.15) is 6.04 Å². The van der Waals surface area contributed by atoms with Gasteiger partial charge in [0.05, 0.1) is 16.5 Å². The molecule has 2 aliphatic carbocycles. The lowest BCUT2D eigenvalue weighted by Gasteiger charge is -2.31. The number of nitrogens with one attached hydrogen (secondary N) is 2. The van der Waals surface area contributed by atoms with Crippen LogP contribution in [-0.4, -0.2) is 47.9 Å². The molecule has 5 nitrogen and oxygen atoms in total. The number of carbonyl (C=O) groups excluding carboxylic acids is 2. The highest BCUT2D eigenvalue weighted by molar-refractivity contribution is 6.35. The standard InChI is InChI=1S/C28H28Cl2F3N3O2/c1-15-2-3-16(20(10-15)28(31,32)33)11-23(24(37)35-27-14-36-9-6-18(27)21(27)13-36)34-25(38)26(7-8-26)19-5-4-17(29)12-22(19)30/h2-5,10,12,18,21,23H,6-9,11,13-14H2,1H3,(H,34,38)(H,35,37)/t18?,21-,23+,27+/m1/s1. The average molecular weight is 566 g/mol. The van der Waals surface area contributed by atoms with Crippen LogP contribution in [0.5, 0.6) is 0 Å². The molecule has 3 saturated heterocycles. The Kier molecular flexibility index (Phi) is 6.05. The Labute approximate surface area is 229 Å². The fourth-order valence-electron chi connectivity index (χ4n) is 6.81. The molecular weight excluding hydrogens is 538 g/mol. The maximum Gasteiger partial charge on any atom is 0.416 e. The van der Waals surface area contributed by atoms with Crippen LogP contribution in [0, 0.1) is 18.8 Å². The fourth-order valence-corrected chi connectivity index (χ4v) is 7.40. The maximum atomic E-state index is 13.9. The third-order valence-corrected chi connectivity index (χ3v) is 9.55. The Morgan fingerprint density at radius 3 is 2.47 bits per heavy atom. The van der Waals surface area contributed by atoms with Crippen molar-refractivity contribution in [3.05, 3.63) is 68.7 Å². The predicted molar refractivity (Wildman–Crippen MR) is 138 cm³/mol. The van der Waals surface area contributed by atoms with Gasteiger partial charge in [0, 0.05) is 35.5 Å². The number of hydrogen-bond acceptors (Lipinski definition) is 3. The van der Waals surface area contributed by atoms with E-state index in [1.165, 1.54) is 6.07 Å². The molecular formula is C28H28Cl2F3N3O2. The number of hydrogen-bond donors (Lipinski definition) is 2. The second kappa shape index (κ2) is 8.86. The number of aryl methyl sites for hydroxylation is 1. The molecule has 2 N–H and O–H groups in total. The number of alkyl halides is 3. The highest BCUT2D eigenvalue weighted by Crippen LogP contribution is 2.60. The first kappa shape index (κ1) is 26.0. The summed E-state index contributed by atoms with van der Waals surface area (Å²) >= 11 is 12.5. The number of nitrogens with zero attached hydrogens (tertiary/aromatic N) is 1. The Hall–Kier alpha value is -2.29. The minimum atomic E-state index is -4.58. The van der Waals surface area contributed by atoms with Crippen LogP contribution in [-0.2, 0) is 27.6 Å². The van der Waals surface area contributed by atoms with Gasteiger partial charge in [-0.25, -0.2) is 0 Å². The van der Waals surface area contributed by atoms with E-state index < -0.39 is 35.0 Å². The van der Waals surface area contributed by atoms with Crippen LogP contribution >= 0.6 is 23.2 Å². The molecule has 10 heteroatoms. The summed E-state index contributed by atoms with van der Waals surface area (Å²) in [5.41, 5.74) is -1.02. The summed E-state index contributed by atoms with van der Waals surface area (Å²) < 4.78 is 41.8. The number of rotatable bonds is 7. The number of amides is 2. The monoisotopic (exact) mass is 565 g/mol. The van der Waals surface area contributed by atoms with Gasteiger partial charge < -0.3 is 15.5 Å². The lowest BCUT2D eigenvalue weighted by atomic mass is 9.93. The van der Waals surface area contributed by atoms with Gasteiger partial charge >= 0.3 is 6.18 Å². The minimum absolute atomic E-state index is 0.0283. The molecule has 2 unspecified atom stereocenters. The molecule has 3 heterocycles. The lowest BCUT2D eigenvalue weighted by molar-refractivity contribution is -0.138. The van der Waals surface area contributed by atoms with E-state index in [0.29, 0.717) is 45.8 Å². The highest BCUT2D eigenvalue weighted by atomic mass is 35.5. The molecule has 5 atom stereocenters. The van der Waals surface area contributed by atoms with Gasteiger partial charge in [-0.15, -0.1) is 0 Å². The van der Waals surface area contributed by atoms with Crippen molar-refractivity contribution in [3.8, 4) is 0 Å². The number of carbonyl (C=O) groups is 2.